The van der Waals surface area contributed by atoms with Crippen molar-refractivity contribution in [3.63, 3.8) is 0 Å². The minimum Gasteiger partial charge on any atom is -0.497 e. The van der Waals surface area contributed by atoms with E-state index in [4.69, 9.17) is 21.1 Å². The van der Waals surface area contributed by atoms with Gasteiger partial charge in [-0.05, 0) is 29.8 Å². The van der Waals surface area contributed by atoms with E-state index in [-0.39, 0.29) is 5.92 Å². The molecule has 0 fully saturated rings. The molecule has 0 bridgehead atoms. The van der Waals surface area contributed by atoms with Crippen molar-refractivity contribution in [1.29, 1.82) is 5.26 Å². The molecule has 0 heterocycles. The maximum atomic E-state index is 9.27. The highest BCUT2D eigenvalue weighted by Crippen LogP contribution is 2.23. The topological polar surface area (TPSA) is 42.2 Å². The lowest BCUT2D eigenvalue weighted by atomic mass is 9.98. The van der Waals surface area contributed by atoms with Crippen LogP contribution in [0.2, 0.25) is 5.02 Å². The number of methoxy groups -OCH3 is 1. The summed E-state index contributed by atoms with van der Waals surface area (Å²) in [4.78, 5) is 0. The van der Waals surface area contributed by atoms with Crippen molar-refractivity contribution in [1.82, 2.24) is 0 Å². The third-order valence-corrected chi connectivity index (χ3v) is 3.40. The Bertz CT molecular complexity index is 619. The van der Waals surface area contributed by atoms with Crippen molar-refractivity contribution in [2.75, 3.05) is 13.7 Å². The second-order valence-electron chi connectivity index (χ2n) is 4.55. The highest BCUT2D eigenvalue weighted by molar-refractivity contribution is 6.30. The predicted octanol–water partition coefficient (Wildman–Crippen LogP) is 4.42. The Morgan fingerprint density at radius 2 is 1.86 bits per heavy atom. The third-order valence-electron chi connectivity index (χ3n) is 3.14. The molecular weight excluding hydrogens is 286 g/mol. The SMILES string of the molecule is COc1cccc(OCCC(C#N)c2ccc(Cl)cc2)c1. The van der Waals surface area contributed by atoms with Crippen LogP contribution >= 0.6 is 11.6 Å². The van der Waals surface area contributed by atoms with Crippen LogP contribution < -0.4 is 9.47 Å². The summed E-state index contributed by atoms with van der Waals surface area (Å²) in [6.45, 7) is 0.466. The van der Waals surface area contributed by atoms with Crippen molar-refractivity contribution in [2.24, 2.45) is 0 Å². The Morgan fingerprint density at radius 3 is 2.52 bits per heavy atom. The van der Waals surface area contributed by atoms with Crippen LogP contribution in [0.3, 0.4) is 0 Å². The first-order valence-electron chi connectivity index (χ1n) is 6.65. The summed E-state index contributed by atoms with van der Waals surface area (Å²) >= 11 is 5.85. The smallest absolute Gasteiger partial charge is 0.122 e. The van der Waals surface area contributed by atoms with Crippen LogP contribution in [0.25, 0.3) is 0 Å². The summed E-state index contributed by atoms with van der Waals surface area (Å²) in [5, 5.41) is 9.94. The molecule has 108 valence electrons. The number of nitriles is 1. The molecule has 0 spiro atoms. The standard InChI is InChI=1S/C17H16ClNO2/c1-20-16-3-2-4-17(11-16)21-10-9-14(12-19)13-5-7-15(18)8-6-13/h2-8,11,14H,9-10H2,1H3. The molecule has 3 nitrogen and oxygen atoms in total. The first kappa shape index (κ1) is 15.2. The first-order valence-corrected chi connectivity index (χ1v) is 7.02. The molecule has 0 saturated heterocycles. The van der Waals surface area contributed by atoms with E-state index in [0.717, 1.165) is 17.1 Å². The molecule has 1 atom stereocenters. The Hall–Kier alpha value is -2.18. The van der Waals surface area contributed by atoms with Crippen LogP contribution in [0.4, 0.5) is 0 Å². The second kappa shape index (κ2) is 7.56. The molecular formula is C17H16ClNO2. The van der Waals surface area contributed by atoms with Crippen LogP contribution in [0.5, 0.6) is 11.5 Å². The lowest BCUT2D eigenvalue weighted by molar-refractivity contribution is 0.303. The monoisotopic (exact) mass is 301 g/mol. The van der Waals surface area contributed by atoms with Crippen LogP contribution in [-0.4, -0.2) is 13.7 Å². The van der Waals surface area contributed by atoms with Crippen LogP contribution in [0, 0.1) is 11.3 Å². The molecule has 0 radical (unpaired) electrons. The quantitative estimate of drug-likeness (QED) is 0.793. The van der Waals surface area contributed by atoms with Gasteiger partial charge in [-0.3, -0.25) is 0 Å². The van der Waals surface area contributed by atoms with Gasteiger partial charge in [0.2, 0.25) is 0 Å². The average Bonchev–Trinajstić information content (AvgIpc) is 2.53. The summed E-state index contributed by atoms with van der Waals surface area (Å²) in [6, 6.07) is 17.1. The predicted molar refractivity (Wildman–Crippen MR) is 82.9 cm³/mol. The minimum atomic E-state index is -0.201. The van der Waals surface area contributed by atoms with E-state index in [1.807, 2.05) is 36.4 Å². The van der Waals surface area contributed by atoms with Crippen molar-refractivity contribution in [3.8, 4) is 17.6 Å². The van der Waals surface area contributed by atoms with Gasteiger partial charge in [-0.15, -0.1) is 0 Å². The van der Waals surface area contributed by atoms with Gasteiger partial charge >= 0.3 is 0 Å². The van der Waals surface area contributed by atoms with Crippen molar-refractivity contribution < 1.29 is 9.47 Å². The molecule has 0 N–H and O–H groups in total. The number of nitrogens with zero attached hydrogens (tertiary/aromatic N) is 1. The molecule has 2 aromatic carbocycles. The van der Waals surface area contributed by atoms with Gasteiger partial charge < -0.3 is 9.47 Å². The third kappa shape index (κ3) is 4.40. The Balaban J connectivity index is 1.91. The fourth-order valence-electron chi connectivity index (χ4n) is 1.99. The summed E-state index contributed by atoms with van der Waals surface area (Å²) in [7, 11) is 1.62. The zero-order valence-corrected chi connectivity index (χ0v) is 12.5. The summed E-state index contributed by atoms with van der Waals surface area (Å²) in [5.41, 5.74) is 0.955. The molecule has 0 saturated carbocycles. The Labute approximate surface area is 129 Å². The zero-order valence-electron chi connectivity index (χ0n) is 11.8. The molecule has 21 heavy (non-hydrogen) atoms. The molecule has 1 unspecified atom stereocenters. The van der Waals surface area contributed by atoms with Gasteiger partial charge in [-0.25, -0.2) is 0 Å². The first-order chi connectivity index (χ1) is 10.2. The van der Waals surface area contributed by atoms with E-state index < -0.39 is 0 Å². The summed E-state index contributed by atoms with van der Waals surface area (Å²) in [5.74, 6) is 1.29. The van der Waals surface area contributed by atoms with E-state index in [2.05, 4.69) is 6.07 Å². The van der Waals surface area contributed by atoms with Crippen LogP contribution in [0.1, 0.15) is 17.9 Å². The van der Waals surface area contributed by atoms with Crippen molar-refractivity contribution >= 4 is 11.6 Å². The zero-order chi connectivity index (χ0) is 15.1. The van der Waals surface area contributed by atoms with Crippen LogP contribution in [-0.2, 0) is 0 Å². The molecule has 0 amide bonds. The van der Waals surface area contributed by atoms with Gasteiger partial charge in [-0.1, -0.05) is 29.8 Å². The number of halogens is 1. The fourth-order valence-corrected chi connectivity index (χ4v) is 2.11. The molecule has 0 aromatic heterocycles. The highest BCUT2D eigenvalue weighted by Gasteiger charge is 2.10. The molecule has 2 aromatic rings. The fraction of sp³-hybridized carbons (Fsp3) is 0.235. The van der Waals surface area contributed by atoms with Gasteiger partial charge in [-0.2, -0.15) is 5.26 Å². The summed E-state index contributed by atoms with van der Waals surface area (Å²) < 4.78 is 10.8. The van der Waals surface area contributed by atoms with E-state index in [9.17, 15) is 5.26 Å². The minimum absolute atomic E-state index is 0.201. The number of hydrogen-bond acceptors (Lipinski definition) is 3. The number of rotatable bonds is 6. The van der Waals surface area contributed by atoms with Gasteiger partial charge in [0, 0.05) is 17.5 Å². The van der Waals surface area contributed by atoms with E-state index in [1.54, 1.807) is 19.2 Å². The largest absolute Gasteiger partial charge is 0.497 e. The lowest BCUT2D eigenvalue weighted by Crippen LogP contribution is -2.04. The molecule has 0 aliphatic carbocycles. The molecule has 0 aliphatic heterocycles. The van der Waals surface area contributed by atoms with Gasteiger partial charge in [0.1, 0.15) is 11.5 Å². The number of ether oxygens (including phenoxy) is 2. The maximum absolute atomic E-state index is 9.27. The van der Waals surface area contributed by atoms with Gasteiger partial charge in [0.05, 0.1) is 25.7 Å². The maximum Gasteiger partial charge on any atom is 0.122 e. The van der Waals surface area contributed by atoms with E-state index >= 15 is 0 Å². The average molecular weight is 302 g/mol. The lowest BCUT2D eigenvalue weighted by Gasteiger charge is -2.11. The van der Waals surface area contributed by atoms with Gasteiger partial charge in [0.25, 0.3) is 0 Å². The molecule has 4 heteroatoms. The second-order valence-corrected chi connectivity index (χ2v) is 4.99. The van der Waals surface area contributed by atoms with Crippen molar-refractivity contribution in [3.05, 3.63) is 59.1 Å². The highest BCUT2D eigenvalue weighted by atomic mass is 35.5. The summed E-state index contributed by atoms with van der Waals surface area (Å²) in [6.07, 6.45) is 0.620. The van der Waals surface area contributed by atoms with Crippen LogP contribution in [0.15, 0.2) is 48.5 Å². The number of benzene rings is 2. The van der Waals surface area contributed by atoms with Crippen molar-refractivity contribution in [2.45, 2.75) is 12.3 Å². The van der Waals surface area contributed by atoms with E-state index in [1.165, 1.54) is 0 Å². The molecule has 0 aliphatic rings. The Morgan fingerprint density at radius 1 is 1.14 bits per heavy atom. The number of hydrogen-bond donors (Lipinski definition) is 0. The van der Waals surface area contributed by atoms with E-state index in [0.29, 0.717) is 18.1 Å². The normalized spacial score (nSPS) is 11.5. The Kier molecular flexibility index (Phi) is 5.48. The molecule has 2 rings (SSSR count). The van der Waals surface area contributed by atoms with Gasteiger partial charge in [0.15, 0.2) is 0 Å².